The van der Waals surface area contributed by atoms with Crippen molar-refractivity contribution in [2.75, 3.05) is 19.8 Å². The summed E-state index contributed by atoms with van der Waals surface area (Å²) in [5.41, 5.74) is 5.47. The summed E-state index contributed by atoms with van der Waals surface area (Å²) >= 11 is 0. The van der Waals surface area contributed by atoms with Gasteiger partial charge in [-0.05, 0) is 40.3 Å². The van der Waals surface area contributed by atoms with Crippen LogP contribution in [0.1, 0.15) is 33.0 Å². The zero-order chi connectivity index (χ0) is 24.8. The Bertz CT molecular complexity index is 1200. The molecule has 35 heavy (non-hydrogen) atoms. The van der Waals surface area contributed by atoms with E-state index < -0.39 is 30.6 Å². The maximum absolute atomic E-state index is 12.5. The molecule has 4 N–H and O–H groups in total. The van der Waals surface area contributed by atoms with Gasteiger partial charge in [-0.3, -0.25) is 4.79 Å². The molecule has 2 amide bonds. The van der Waals surface area contributed by atoms with Crippen LogP contribution < -0.4 is 10.6 Å². The molecule has 180 valence electrons. The van der Waals surface area contributed by atoms with Gasteiger partial charge in [-0.25, -0.2) is 9.59 Å². The number of carboxylic acids is 1. The highest BCUT2D eigenvalue weighted by Gasteiger charge is 2.29. The number of fused-ring (bicyclic) bond motifs is 3. The van der Waals surface area contributed by atoms with Crippen LogP contribution in [0.2, 0.25) is 0 Å². The Labute approximate surface area is 202 Å². The first-order valence-corrected chi connectivity index (χ1v) is 11.3. The van der Waals surface area contributed by atoms with E-state index in [1.807, 2.05) is 24.3 Å². The van der Waals surface area contributed by atoms with Crippen LogP contribution in [0.15, 0.2) is 72.8 Å². The van der Waals surface area contributed by atoms with Crippen LogP contribution in [0.3, 0.4) is 0 Å². The molecular formula is C27H26N2O6. The van der Waals surface area contributed by atoms with E-state index >= 15 is 0 Å². The van der Waals surface area contributed by atoms with Crippen molar-refractivity contribution in [2.45, 2.75) is 18.4 Å². The summed E-state index contributed by atoms with van der Waals surface area (Å²) in [6.07, 6.45) is -0.218. The smallest absolute Gasteiger partial charge is 0.407 e. The van der Waals surface area contributed by atoms with Gasteiger partial charge in [0.1, 0.15) is 6.61 Å². The summed E-state index contributed by atoms with van der Waals surface area (Å²) in [7, 11) is 0. The number of hydrogen-bond donors (Lipinski definition) is 4. The predicted molar refractivity (Wildman–Crippen MR) is 129 cm³/mol. The van der Waals surface area contributed by atoms with Crippen molar-refractivity contribution in [3.05, 3.63) is 95.1 Å². The summed E-state index contributed by atoms with van der Waals surface area (Å²) in [6, 6.07) is 21.5. The van der Waals surface area contributed by atoms with Crippen LogP contribution in [-0.2, 0) is 16.0 Å². The Morgan fingerprint density at radius 1 is 0.886 bits per heavy atom. The third kappa shape index (κ3) is 5.33. The molecule has 0 saturated heterocycles. The molecule has 0 spiro atoms. The van der Waals surface area contributed by atoms with E-state index in [-0.39, 0.29) is 24.6 Å². The van der Waals surface area contributed by atoms with Crippen molar-refractivity contribution >= 4 is 18.0 Å². The number of amides is 2. The molecular weight excluding hydrogens is 448 g/mol. The van der Waals surface area contributed by atoms with Gasteiger partial charge in [0.25, 0.3) is 5.91 Å². The predicted octanol–water partition coefficient (Wildman–Crippen LogP) is 2.94. The van der Waals surface area contributed by atoms with Gasteiger partial charge in [0.05, 0.1) is 6.61 Å². The standard InChI is InChI=1S/C27H26N2O6/c30-15-24(26(32)33)29-25(31)18-8-2-1-7-17(18)13-14-28-27(34)35-16-23-21-11-5-3-9-19(21)20-10-4-6-12-22(20)23/h1-12,23-24,30H,13-16H2,(H,28,34)(H,29,31)(H,32,33)/t24-/m1/s1. The van der Waals surface area contributed by atoms with E-state index in [1.54, 1.807) is 24.3 Å². The molecule has 0 unspecified atom stereocenters. The lowest BCUT2D eigenvalue weighted by Gasteiger charge is -2.15. The van der Waals surface area contributed by atoms with Crippen molar-refractivity contribution in [1.82, 2.24) is 10.6 Å². The average Bonchev–Trinajstić information content (AvgIpc) is 3.19. The van der Waals surface area contributed by atoms with Gasteiger partial charge in [-0.15, -0.1) is 0 Å². The van der Waals surface area contributed by atoms with Gasteiger partial charge in [0.2, 0.25) is 0 Å². The summed E-state index contributed by atoms with van der Waals surface area (Å²) in [6.45, 7) is -0.285. The molecule has 1 aliphatic rings. The molecule has 4 rings (SSSR count). The number of aliphatic hydroxyl groups is 1. The molecule has 1 aliphatic carbocycles. The van der Waals surface area contributed by atoms with Gasteiger partial charge < -0.3 is 25.6 Å². The van der Waals surface area contributed by atoms with E-state index in [4.69, 9.17) is 14.9 Å². The molecule has 1 atom stereocenters. The number of rotatable bonds is 9. The van der Waals surface area contributed by atoms with Crippen molar-refractivity contribution in [1.29, 1.82) is 0 Å². The lowest BCUT2D eigenvalue weighted by Crippen LogP contribution is -2.43. The lowest BCUT2D eigenvalue weighted by molar-refractivity contribution is -0.140. The number of alkyl carbamates (subject to hydrolysis) is 1. The number of carbonyl (C=O) groups excluding carboxylic acids is 2. The lowest BCUT2D eigenvalue weighted by atomic mass is 9.98. The minimum Gasteiger partial charge on any atom is -0.480 e. The third-order valence-corrected chi connectivity index (χ3v) is 6.06. The fourth-order valence-electron chi connectivity index (χ4n) is 4.33. The zero-order valence-corrected chi connectivity index (χ0v) is 18.9. The zero-order valence-electron chi connectivity index (χ0n) is 18.9. The number of hydrogen-bond acceptors (Lipinski definition) is 5. The molecule has 3 aromatic rings. The highest BCUT2D eigenvalue weighted by atomic mass is 16.5. The number of ether oxygens (including phenoxy) is 1. The topological polar surface area (TPSA) is 125 Å². The molecule has 0 bridgehead atoms. The molecule has 8 nitrogen and oxygen atoms in total. The molecule has 0 aromatic heterocycles. The van der Waals surface area contributed by atoms with Gasteiger partial charge >= 0.3 is 12.1 Å². The maximum atomic E-state index is 12.5. The SMILES string of the molecule is O=C(NCCc1ccccc1C(=O)N[C@H](CO)C(=O)O)OCC1c2ccccc2-c2ccccc21. The van der Waals surface area contributed by atoms with Gasteiger partial charge in [-0.1, -0.05) is 66.7 Å². The Balaban J connectivity index is 1.32. The Morgan fingerprint density at radius 2 is 1.49 bits per heavy atom. The van der Waals surface area contributed by atoms with E-state index in [1.165, 1.54) is 0 Å². The molecule has 0 saturated carbocycles. The molecule has 8 heteroatoms. The summed E-state index contributed by atoms with van der Waals surface area (Å²) in [5.74, 6) is -1.97. The Hall–Kier alpha value is -4.17. The van der Waals surface area contributed by atoms with E-state index in [2.05, 4.69) is 34.9 Å². The number of carboxylic acid groups (broad SMARTS) is 1. The highest BCUT2D eigenvalue weighted by Crippen LogP contribution is 2.44. The van der Waals surface area contributed by atoms with E-state index in [0.29, 0.717) is 12.0 Å². The fraction of sp³-hybridized carbons (Fsp3) is 0.222. The van der Waals surface area contributed by atoms with Crippen LogP contribution >= 0.6 is 0 Å². The van der Waals surface area contributed by atoms with Crippen LogP contribution in [0.25, 0.3) is 11.1 Å². The summed E-state index contributed by atoms with van der Waals surface area (Å²) in [4.78, 5) is 36.0. The van der Waals surface area contributed by atoms with Gasteiger partial charge in [0.15, 0.2) is 6.04 Å². The molecule has 0 radical (unpaired) electrons. The second-order valence-corrected chi connectivity index (χ2v) is 8.21. The summed E-state index contributed by atoms with van der Waals surface area (Å²) in [5, 5.41) is 23.2. The second-order valence-electron chi connectivity index (χ2n) is 8.21. The minimum absolute atomic E-state index is 0.0359. The number of aliphatic carboxylic acids is 1. The number of nitrogens with one attached hydrogen (secondary N) is 2. The number of carbonyl (C=O) groups is 3. The van der Waals surface area contributed by atoms with Crippen molar-refractivity contribution in [2.24, 2.45) is 0 Å². The number of benzene rings is 3. The fourth-order valence-corrected chi connectivity index (χ4v) is 4.33. The van der Waals surface area contributed by atoms with Crippen LogP contribution in [0, 0.1) is 0 Å². The normalized spacial score (nSPS) is 12.8. The van der Waals surface area contributed by atoms with E-state index in [0.717, 1.165) is 22.3 Å². The third-order valence-electron chi connectivity index (χ3n) is 6.06. The monoisotopic (exact) mass is 474 g/mol. The summed E-state index contributed by atoms with van der Waals surface area (Å²) < 4.78 is 5.53. The first kappa shape index (κ1) is 24.0. The van der Waals surface area contributed by atoms with Crippen LogP contribution in [-0.4, -0.2) is 54.0 Å². The molecule has 3 aromatic carbocycles. The van der Waals surface area contributed by atoms with Crippen LogP contribution in [0.4, 0.5) is 4.79 Å². The average molecular weight is 475 g/mol. The molecule has 0 aliphatic heterocycles. The largest absolute Gasteiger partial charge is 0.480 e. The first-order chi connectivity index (χ1) is 17.0. The van der Waals surface area contributed by atoms with Crippen molar-refractivity contribution in [3.63, 3.8) is 0 Å². The Kier molecular flexibility index (Phi) is 7.42. The molecule has 0 heterocycles. The van der Waals surface area contributed by atoms with Crippen molar-refractivity contribution in [3.8, 4) is 11.1 Å². The highest BCUT2D eigenvalue weighted by molar-refractivity contribution is 5.97. The Morgan fingerprint density at radius 3 is 2.11 bits per heavy atom. The van der Waals surface area contributed by atoms with Gasteiger partial charge in [-0.2, -0.15) is 0 Å². The van der Waals surface area contributed by atoms with Crippen molar-refractivity contribution < 1.29 is 29.3 Å². The first-order valence-electron chi connectivity index (χ1n) is 11.3. The maximum Gasteiger partial charge on any atom is 0.407 e. The minimum atomic E-state index is -1.39. The quantitative estimate of drug-likeness (QED) is 0.378. The van der Waals surface area contributed by atoms with Crippen LogP contribution in [0.5, 0.6) is 0 Å². The molecule has 0 fully saturated rings. The number of aliphatic hydroxyl groups excluding tert-OH is 1. The second kappa shape index (κ2) is 10.8. The van der Waals surface area contributed by atoms with E-state index in [9.17, 15) is 14.4 Å². The van der Waals surface area contributed by atoms with Gasteiger partial charge in [0, 0.05) is 18.0 Å².